The van der Waals surface area contributed by atoms with Gasteiger partial charge in [0.05, 0.1) is 48.8 Å². The van der Waals surface area contributed by atoms with Crippen molar-refractivity contribution >= 4 is 6.09 Å². The van der Waals surface area contributed by atoms with E-state index in [4.69, 9.17) is 14.2 Å². The van der Waals surface area contributed by atoms with Crippen molar-refractivity contribution in [1.29, 1.82) is 0 Å². The number of piperidine rings is 1. The Hall–Kier alpha value is -2.81. The molecule has 2 aliphatic rings. The molecule has 1 saturated heterocycles. The van der Waals surface area contributed by atoms with Gasteiger partial charge in [-0.3, -0.25) is 0 Å². The van der Waals surface area contributed by atoms with Crippen molar-refractivity contribution in [3.63, 3.8) is 0 Å². The number of nitrogens with zero attached hydrogens (tertiary/aromatic N) is 5. The topological polar surface area (TPSA) is 99.6 Å². The summed E-state index contributed by atoms with van der Waals surface area (Å²) in [6, 6.07) is 1.85. The number of aromatic nitrogens is 4. The fourth-order valence-electron chi connectivity index (χ4n) is 4.15. The molecular weight excluding hydrogens is 410 g/mol. The average Bonchev–Trinajstić information content (AvgIpc) is 2.81. The number of rotatable bonds is 6. The van der Waals surface area contributed by atoms with E-state index in [1.807, 2.05) is 19.9 Å². The van der Waals surface area contributed by atoms with Crippen LogP contribution in [0.2, 0.25) is 0 Å². The third kappa shape index (κ3) is 6.12. The second-order valence-electron chi connectivity index (χ2n) is 8.64. The largest absolute Gasteiger partial charge is 0.473 e. The minimum Gasteiger partial charge on any atom is -0.473 e. The molecule has 4 rings (SSSR count). The summed E-state index contributed by atoms with van der Waals surface area (Å²) >= 11 is 0. The standard InChI is InChI=1S/C23H31N5O4/c1-16(2)30-23(29)28-11-8-20(9-12-28)31-18-3-5-19(6-4-18)32-22-15-24-21(14-25-22)17-7-10-26-27-13-17/h7,10,13-16,18-20H,3-6,8-9,11-12H2,1-2H3/t18-,19-. The number of hydrogen-bond acceptors (Lipinski definition) is 8. The lowest BCUT2D eigenvalue weighted by atomic mass is 9.94. The molecule has 2 aromatic rings. The van der Waals surface area contributed by atoms with E-state index in [2.05, 4.69) is 20.2 Å². The van der Waals surface area contributed by atoms with Gasteiger partial charge in [0.15, 0.2) is 0 Å². The van der Waals surface area contributed by atoms with Crippen molar-refractivity contribution in [2.24, 2.45) is 0 Å². The summed E-state index contributed by atoms with van der Waals surface area (Å²) in [5, 5.41) is 7.64. The van der Waals surface area contributed by atoms with Crippen LogP contribution in [0.25, 0.3) is 11.3 Å². The van der Waals surface area contributed by atoms with Crippen LogP contribution in [-0.4, -0.2) is 68.7 Å². The first-order chi connectivity index (χ1) is 15.6. The normalized spacial score (nSPS) is 22.0. The van der Waals surface area contributed by atoms with E-state index >= 15 is 0 Å². The first kappa shape index (κ1) is 22.4. The van der Waals surface area contributed by atoms with E-state index in [0.29, 0.717) is 19.0 Å². The summed E-state index contributed by atoms with van der Waals surface area (Å²) in [5.41, 5.74) is 1.62. The Kier molecular flexibility index (Phi) is 7.47. The lowest BCUT2D eigenvalue weighted by Gasteiger charge is -2.35. The Bertz CT molecular complexity index is 848. The predicted molar refractivity (Wildman–Crippen MR) is 117 cm³/mol. The Labute approximate surface area is 188 Å². The zero-order valence-corrected chi connectivity index (χ0v) is 18.7. The zero-order chi connectivity index (χ0) is 22.3. The van der Waals surface area contributed by atoms with Crippen LogP contribution >= 0.6 is 0 Å². The summed E-state index contributed by atoms with van der Waals surface area (Å²) in [4.78, 5) is 22.6. The molecule has 1 aliphatic heterocycles. The van der Waals surface area contributed by atoms with Crippen LogP contribution in [-0.2, 0) is 9.47 Å². The van der Waals surface area contributed by atoms with Crippen LogP contribution in [0.4, 0.5) is 4.79 Å². The lowest BCUT2D eigenvalue weighted by molar-refractivity contribution is -0.0659. The highest BCUT2D eigenvalue weighted by molar-refractivity contribution is 5.67. The van der Waals surface area contributed by atoms with Gasteiger partial charge in [-0.2, -0.15) is 10.2 Å². The lowest BCUT2D eigenvalue weighted by Crippen LogP contribution is -2.43. The summed E-state index contributed by atoms with van der Waals surface area (Å²) in [6.45, 7) is 5.13. The molecule has 0 atom stereocenters. The number of carbonyl (C=O) groups is 1. The molecule has 0 radical (unpaired) electrons. The number of amides is 1. The van der Waals surface area contributed by atoms with Gasteiger partial charge in [-0.1, -0.05) is 0 Å². The second kappa shape index (κ2) is 10.7. The van der Waals surface area contributed by atoms with Crippen molar-refractivity contribution in [3.05, 3.63) is 30.9 Å². The van der Waals surface area contributed by atoms with Crippen LogP contribution in [0.5, 0.6) is 5.88 Å². The highest BCUT2D eigenvalue weighted by Gasteiger charge is 2.29. The molecule has 9 heteroatoms. The smallest absolute Gasteiger partial charge is 0.410 e. The molecule has 1 saturated carbocycles. The molecule has 9 nitrogen and oxygen atoms in total. The first-order valence-corrected chi connectivity index (χ1v) is 11.4. The first-order valence-electron chi connectivity index (χ1n) is 11.4. The van der Waals surface area contributed by atoms with Crippen molar-refractivity contribution in [3.8, 4) is 17.1 Å². The van der Waals surface area contributed by atoms with Crippen LogP contribution in [0, 0.1) is 0 Å². The maximum absolute atomic E-state index is 12.0. The molecule has 0 spiro atoms. The summed E-state index contributed by atoms with van der Waals surface area (Å²) in [7, 11) is 0. The molecule has 172 valence electrons. The Morgan fingerprint density at radius 2 is 1.66 bits per heavy atom. The Balaban J connectivity index is 1.17. The van der Waals surface area contributed by atoms with Crippen molar-refractivity contribution in [1.82, 2.24) is 25.1 Å². The molecular formula is C23H31N5O4. The van der Waals surface area contributed by atoms with Gasteiger partial charge >= 0.3 is 6.09 Å². The highest BCUT2D eigenvalue weighted by atomic mass is 16.6. The van der Waals surface area contributed by atoms with Gasteiger partial charge < -0.3 is 19.1 Å². The quantitative estimate of drug-likeness (QED) is 0.670. The van der Waals surface area contributed by atoms with Gasteiger partial charge in [0, 0.05) is 18.7 Å². The average molecular weight is 442 g/mol. The van der Waals surface area contributed by atoms with Crippen LogP contribution < -0.4 is 4.74 Å². The molecule has 1 amide bonds. The summed E-state index contributed by atoms with van der Waals surface area (Å²) < 4.78 is 17.7. The van der Waals surface area contributed by atoms with Crippen molar-refractivity contribution in [2.75, 3.05) is 13.1 Å². The van der Waals surface area contributed by atoms with E-state index in [1.165, 1.54) is 0 Å². The fraction of sp³-hybridized carbons (Fsp3) is 0.609. The molecule has 0 bridgehead atoms. The predicted octanol–water partition coefficient (Wildman–Crippen LogP) is 3.65. The molecule has 3 heterocycles. The minimum absolute atomic E-state index is 0.0866. The zero-order valence-electron chi connectivity index (χ0n) is 18.7. The molecule has 0 unspecified atom stereocenters. The molecule has 0 N–H and O–H groups in total. The summed E-state index contributed by atoms with van der Waals surface area (Å²) in [6.07, 6.45) is 12.5. The molecule has 2 fully saturated rings. The molecule has 0 aromatic carbocycles. The number of likely N-dealkylation sites (tertiary alicyclic amines) is 1. The molecule has 32 heavy (non-hydrogen) atoms. The van der Waals surface area contributed by atoms with Gasteiger partial charge in [0.1, 0.15) is 6.10 Å². The van der Waals surface area contributed by atoms with E-state index < -0.39 is 0 Å². The molecule has 1 aliphatic carbocycles. The highest BCUT2D eigenvalue weighted by Crippen LogP contribution is 2.28. The SMILES string of the molecule is CC(C)OC(=O)N1CCC(O[C@H]2CC[C@H](Oc3cnc(-c4ccnnc4)cn3)CC2)CC1. The van der Waals surface area contributed by atoms with E-state index in [9.17, 15) is 4.79 Å². The van der Waals surface area contributed by atoms with Crippen molar-refractivity contribution < 1.29 is 19.0 Å². The van der Waals surface area contributed by atoms with Crippen LogP contribution in [0.3, 0.4) is 0 Å². The van der Waals surface area contributed by atoms with E-state index in [1.54, 1.807) is 29.7 Å². The van der Waals surface area contributed by atoms with Gasteiger partial charge in [-0.15, -0.1) is 0 Å². The summed E-state index contributed by atoms with van der Waals surface area (Å²) in [5.74, 6) is 0.542. The van der Waals surface area contributed by atoms with Gasteiger partial charge in [-0.05, 0) is 58.4 Å². The van der Waals surface area contributed by atoms with Gasteiger partial charge in [-0.25, -0.2) is 14.8 Å². The minimum atomic E-state index is -0.218. The Morgan fingerprint density at radius 1 is 0.938 bits per heavy atom. The number of hydrogen-bond donors (Lipinski definition) is 0. The monoisotopic (exact) mass is 441 g/mol. The fourth-order valence-corrected chi connectivity index (χ4v) is 4.15. The second-order valence-corrected chi connectivity index (χ2v) is 8.64. The van der Waals surface area contributed by atoms with Crippen LogP contribution in [0.15, 0.2) is 30.9 Å². The van der Waals surface area contributed by atoms with E-state index in [0.717, 1.165) is 49.8 Å². The van der Waals surface area contributed by atoms with Gasteiger partial charge in [0.2, 0.25) is 5.88 Å². The van der Waals surface area contributed by atoms with Gasteiger partial charge in [0.25, 0.3) is 0 Å². The molecule has 2 aromatic heterocycles. The third-order valence-corrected chi connectivity index (χ3v) is 5.84. The number of carbonyl (C=O) groups excluding carboxylic acids is 1. The van der Waals surface area contributed by atoms with E-state index in [-0.39, 0.29) is 30.5 Å². The number of ether oxygens (including phenoxy) is 3. The van der Waals surface area contributed by atoms with Crippen LogP contribution in [0.1, 0.15) is 52.4 Å². The maximum atomic E-state index is 12.0. The van der Waals surface area contributed by atoms with Crippen molar-refractivity contribution in [2.45, 2.75) is 76.8 Å². The third-order valence-electron chi connectivity index (χ3n) is 5.84. The maximum Gasteiger partial charge on any atom is 0.410 e. The Morgan fingerprint density at radius 3 is 2.28 bits per heavy atom.